The molecule has 0 atom stereocenters. The summed E-state index contributed by atoms with van der Waals surface area (Å²) < 4.78 is 0. The van der Waals surface area contributed by atoms with Crippen molar-refractivity contribution in [2.45, 2.75) is 19.9 Å². The molecule has 18 heavy (non-hydrogen) atoms. The fourth-order valence-electron chi connectivity index (χ4n) is 1.72. The highest BCUT2D eigenvalue weighted by Gasteiger charge is 2.06. The molecule has 0 bridgehead atoms. The van der Waals surface area contributed by atoms with Crippen molar-refractivity contribution >= 4 is 5.82 Å². The first kappa shape index (κ1) is 14.9. The van der Waals surface area contributed by atoms with Crippen LogP contribution in [-0.2, 0) is 6.54 Å². The molecule has 0 saturated carbocycles. The zero-order valence-corrected chi connectivity index (χ0v) is 12.0. The van der Waals surface area contributed by atoms with Gasteiger partial charge in [0.25, 0.3) is 0 Å². The zero-order valence-electron chi connectivity index (χ0n) is 12.0. The molecule has 1 N–H and O–H groups in total. The van der Waals surface area contributed by atoms with Gasteiger partial charge in [-0.25, -0.2) is 4.98 Å². The van der Waals surface area contributed by atoms with Crippen LogP contribution in [0.4, 0.5) is 5.82 Å². The Morgan fingerprint density at radius 1 is 1.11 bits per heavy atom. The number of aromatic nitrogens is 2. The normalized spacial score (nSPS) is 11.2. The number of anilines is 1. The van der Waals surface area contributed by atoms with Crippen molar-refractivity contribution in [3.63, 3.8) is 0 Å². The van der Waals surface area contributed by atoms with E-state index < -0.39 is 0 Å². The number of hydrogen-bond donors (Lipinski definition) is 1. The lowest BCUT2D eigenvalue weighted by Crippen LogP contribution is -2.32. The summed E-state index contributed by atoms with van der Waals surface area (Å²) in [5, 5.41) is 2.98. The van der Waals surface area contributed by atoms with Gasteiger partial charge in [-0.2, -0.15) is 0 Å². The standard InChI is InChI=1S/C13H25N5/c1-5-6-18(8-7-17(3)4)11-12-9-16-13(14-2)10-15-12/h9-10H,5-8,11H2,1-4H3,(H,14,16). The number of likely N-dealkylation sites (N-methyl/N-ethyl adjacent to an activating group) is 1. The summed E-state index contributed by atoms with van der Waals surface area (Å²) in [6, 6.07) is 0. The van der Waals surface area contributed by atoms with Gasteiger partial charge in [0.1, 0.15) is 5.82 Å². The van der Waals surface area contributed by atoms with E-state index in [1.165, 1.54) is 0 Å². The fourth-order valence-corrected chi connectivity index (χ4v) is 1.72. The van der Waals surface area contributed by atoms with Gasteiger partial charge in [-0.15, -0.1) is 0 Å². The second-order valence-corrected chi connectivity index (χ2v) is 4.72. The summed E-state index contributed by atoms with van der Waals surface area (Å²) in [5.41, 5.74) is 1.03. The third kappa shape index (κ3) is 5.42. The van der Waals surface area contributed by atoms with Crippen LogP contribution in [0.3, 0.4) is 0 Å². The van der Waals surface area contributed by atoms with Gasteiger partial charge in [-0.05, 0) is 27.1 Å². The minimum absolute atomic E-state index is 0.814. The van der Waals surface area contributed by atoms with E-state index in [9.17, 15) is 0 Å². The van der Waals surface area contributed by atoms with Crippen LogP contribution in [0.15, 0.2) is 12.4 Å². The molecule has 5 nitrogen and oxygen atoms in total. The van der Waals surface area contributed by atoms with E-state index in [0.29, 0.717) is 0 Å². The molecular weight excluding hydrogens is 226 g/mol. The van der Waals surface area contributed by atoms with Gasteiger partial charge in [-0.3, -0.25) is 9.88 Å². The Kier molecular flexibility index (Phi) is 6.60. The molecule has 0 radical (unpaired) electrons. The summed E-state index contributed by atoms with van der Waals surface area (Å²) in [7, 11) is 6.06. The van der Waals surface area contributed by atoms with E-state index >= 15 is 0 Å². The number of nitrogens with one attached hydrogen (secondary N) is 1. The average molecular weight is 251 g/mol. The van der Waals surface area contributed by atoms with Gasteiger partial charge in [0.2, 0.25) is 0 Å². The molecule has 0 aliphatic heterocycles. The van der Waals surface area contributed by atoms with Crippen LogP contribution in [0.5, 0.6) is 0 Å². The van der Waals surface area contributed by atoms with Crippen LogP contribution in [0.1, 0.15) is 19.0 Å². The van der Waals surface area contributed by atoms with Crippen molar-refractivity contribution in [3.8, 4) is 0 Å². The molecule has 0 aliphatic rings. The van der Waals surface area contributed by atoms with Gasteiger partial charge in [0.05, 0.1) is 18.1 Å². The van der Waals surface area contributed by atoms with E-state index in [1.807, 2.05) is 13.2 Å². The molecule has 1 heterocycles. The van der Waals surface area contributed by atoms with E-state index in [2.05, 4.69) is 46.1 Å². The minimum atomic E-state index is 0.814. The first-order chi connectivity index (χ1) is 8.65. The summed E-state index contributed by atoms with van der Waals surface area (Å²) in [4.78, 5) is 13.3. The summed E-state index contributed by atoms with van der Waals surface area (Å²) in [5.74, 6) is 0.814. The van der Waals surface area contributed by atoms with E-state index in [0.717, 1.165) is 44.1 Å². The Morgan fingerprint density at radius 2 is 1.89 bits per heavy atom. The molecule has 102 valence electrons. The Balaban J connectivity index is 2.52. The molecule has 0 saturated heterocycles. The van der Waals surface area contributed by atoms with E-state index in [-0.39, 0.29) is 0 Å². The first-order valence-electron chi connectivity index (χ1n) is 6.51. The number of rotatable bonds is 8. The molecule has 0 amide bonds. The average Bonchev–Trinajstić information content (AvgIpc) is 2.37. The van der Waals surface area contributed by atoms with Crippen molar-refractivity contribution in [1.82, 2.24) is 19.8 Å². The van der Waals surface area contributed by atoms with Crippen molar-refractivity contribution in [2.24, 2.45) is 0 Å². The van der Waals surface area contributed by atoms with Crippen molar-refractivity contribution in [2.75, 3.05) is 46.1 Å². The van der Waals surface area contributed by atoms with E-state index in [4.69, 9.17) is 0 Å². The molecule has 0 fully saturated rings. The lowest BCUT2D eigenvalue weighted by molar-refractivity contribution is 0.231. The Hall–Kier alpha value is -1.20. The Labute approximate surface area is 110 Å². The highest BCUT2D eigenvalue weighted by Crippen LogP contribution is 2.04. The first-order valence-corrected chi connectivity index (χ1v) is 6.51. The maximum atomic E-state index is 4.42. The molecule has 0 unspecified atom stereocenters. The fraction of sp³-hybridized carbons (Fsp3) is 0.692. The summed E-state index contributed by atoms with van der Waals surface area (Å²) >= 11 is 0. The highest BCUT2D eigenvalue weighted by atomic mass is 15.2. The smallest absolute Gasteiger partial charge is 0.144 e. The molecular formula is C13H25N5. The van der Waals surface area contributed by atoms with Crippen LogP contribution in [0.2, 0.25) is 0 Å². The second kappa shape index (κ2) is 8.00. The minimum Gasteiger partial charge on any atom is -0.372 e. The maximum absolute atomic E-state index is 4.42. The lowest BCUT2D eigenvalue weighted by Gasteiger charge is -2.23. The van der Waals surface area contributed by atoms with Crippen molar-refractivity contribution in [1.29, 1.82) is 0 Å². The van der Waals surface area contributed by atoms with Crippen LogP contribution >= 0.6 is 0 Å². The topological polar surface area (TPSA) is 44.3 Å². The molecule has 0 aliphatic carbocycles. The quantitative estimate of drug-likeness (QED) is 0.754. The molecule has 1 rings (SSSR count). The Morgan fingerprint density at radius 3 is 2.39 bits per heavy atom. The predicted octanol–water partition coefficient (Wildman–Crippen LogP) is 1.29. The van der Waals surface area contributed by atoms with Crippen molar-refractivity contribution < 1.29 is 0 Å². The van der Waals surface area contributed by atoms with Crippen LogP contribution < -0.4 is 5.32 Å². The molecule has 0 spiro atoms. The van der Waals surface area contributed by atoms with Gasteiger partial charge >= 0.3 is 0 Å². The van der Waals surface area contributed by atoms with Crippen LogP contribution in [-0.4, -0.2) is 60.5 Å². The SMILES string of the molecule is CCCN(CCN(C)C)Cc1cnc(NC)cn1. The lowest BCUT2D eigenvalue weighted by atomic mass is 10.3. The largest absolute Gasteiger partial charge is 0.372 e. The molecule has 1 aromatic heterocycles. The predicted molar refractivity (Wildman–Crippen MR) is 75.7 cm³/mol. The van der Waals surface area contributed by atoms with Crippen LogP contribution in [0, 0.1) is 0 Å². The summed E-state index contributed by atoms with van der Waals surface area (Å²) in [6.45, 7) is 6.32. The second-order valence-electron chi connectivity index (χ2n) is 4.72. The third-order valence-corrected chi connectivity index (χ3v) is 2.75. The van der Waals surface area contributed by atoms with Crippen LogP contribution in [0.25, 0.3) is 0 Å². The number of hydrogen-bond acceptors (Lipinski definition) is 5. The highest BCUT2D eigenvalue weighted by molar-refractivity contribution is 5.29. The van der Waals surface area contributed by atoms with Gasteiger partial charge in [0.15, 0.2) is 0 Å². The molecule has 1 aromatic rings. The third-order valence-electron chi connectivity index (χ3n) is 2.75. The zero-order chi connectivity index (χ0) is 13.4. The van der Waals surface area contributed by atoms with Gasteiger partial charge in [0, 0.05) is 26.7 Å². The maximum Gasteiger partial charge on any atom is 0.144 e. The Bertz CT molecular complexity index is 323. The number of nitrogens with zero attached hydrogens (tertiary/aromatic N) is 4. The van der Waals surface area contributed by atoms with E-state index in [1.54, 1.807) is 6.20 Å². The summed E-state index contributed by atoms with van der Waals surface area (Å²) in [6.07, 6.45) is 4.80. The van der Waals surface area contributed by atoms with Gasteiger partial charge in [-0.1, -0.05) is 6.92 Å². The monoisotopic (exact) mass is 251 g/mol. The van der Waals surface area contributed by atoms with Gasteiger partial charge < -0.3 is 10.2 Å². The molecule has 0 aromatic carbocycles. The van der Waals surface area contributed by atoms with Crippen molar-refractivity contribution in [3.05, 3.63) is 18.1 Å². The molecule has 5 heteroatoms.